The molecule has 6 nitrogen and oxygen atoms in total. The maximum Gasteiger partial charge on any atom is 0.246 e. The van der Waals surface area contributed by atoms with Gasteiger partial charge in [0.2, 0.25) is 10.0 Å². The number of piperidine rings is 1. The van der Waals surface area contributed by atoms with Crippen LogP contribution in [-0.4, -0.2) is 59.7 Å². The molecule has 1 aromatic rings. The Hall–Kier alpha value is -1.22. The topological polar surface area (TPSA) is 67.9 Å². The van der Waals surface area contributed by atoms with E-state index in [4.69, 9.17) is 9.47 Å². The molecule has 2 rings (SSSR count). The molecule has 0 atom stereocenters. The van der Waals surface area contributed by atoms with Crippen LogP contribution >= 0.6 is 0 Å². The second-order valence-electron chi connectivity index (χ2n) is 5.84. The molecule has 136 valence electrons. The lowest BCUT2D eigenvalue weighted by Gasteiger charge is -2.31. The van der Waals surface area contributed by atoms with E-state index < -0.39 is 15.8 Å². The van der Waals surface area contributed by atoms with Gasteiger partial charge in [-0.15, -0.1) is 0 Å². The van der Waals surface area contributed by atoms with Crippen LogP contribution in [0.2, 0.25) is 0 Å². The van der Waals surface area contributed by atoms with Gasteiger partial charge in [0.05, 0.1) is 6.61 Å². The third-order valence-corrected chi connectivity index (χ3v) is 6.05. The number of hydrogen-bond acceptors (Lipinski definition) is 5. The highest BCUT2D eigenvalue weighted by atomic mass is 32.2. The third kappa shape index (κ3) is 4.66. The first kappa shape index (κ1) is 19.1. The van der Waals surface area contributed by atoms with Crippen LogP contribution in [-0.2, 0) is 14.8 Å². The third-order valence-electron chi connectivity index (χ3n) is 4.13. The van der Waals surface area contributed by atoms with E-state index in [1.54, 1.807) is 0 Å². The minimum absolute atomic E-state index is 0.120. The molecule has 1 saturated heterocycles. The number of sulfonamides is 1. The molecule has 0 aromatic heterocycles. The average Bonchev–Trinajstić information content (AvgIpc) is 2.57. The lowest BCUT2D eigenvalue weighted by molar-refractivity contribution is 0.144. The summed E-state index contributed by atoms with van der Waals surface area (Å²) in [6.07, 6.45) is 1.57. The normalized spacial score (nSPS) is 17.1. The van der Waals surface area contributed by atoms with Crippen molar-refractivity contribution >= 4 is 10.0 Å². The predicted octanol–water partition coefficient (Wildman–Crippen LogP) is 1.47. The number of ether oxygens (including phenoxy) is 2. The summed E-state index contributed by atoms with van der Waals surface area (Å²) in [7, 11) is -0.366. The zero-order chi connectivity index (χ0) is 17.6. The first-order valence-corrected chi connectivity index (χ1v) is 9.49. The zero-order valence-corrected chi connectivity index (χ0v) is 14.9. The summed E-state index contributed by atoms with van der Waals surface area (Å²) in [5.74, 6) is 0.0231. The number of rotatable bonds is 8. The Morgan fingerprint density at radius 1 is 1.29 bits per heavy atom. The second kappa shape index (κ2) is 8.75. The molecule has 8 heteroatoms. The van der Waals surface area contributed by atoms with E-state index in [1.165, 1.54) is 23.5 Å². The molecule has 1 aliphatic heterocycles. The minimum atomic E-state index is -3.78. The number of hydrogen-bond donors (Lipinski definition) is 1. The summed E-state index contributed by atoms with van der Waals surface area (Å²) >= 11 is 0. The lowest BCUT2D eigenvalue weighted by atomic mass is 9.98. The summed E-state index contributed by atoms with van der Waals surface area (Å²) < 4.78 is 51.2. The standard InChI is InChI=1S/C16H25FN2O4S/c1-18-12-13-5-7-19(8-6-13)24(20,21)16-11-14(17)3-4-15(16)23-10-9-22-2/h3-4,11,13,18H,5-10,12H2,1-2H3. The van der Waals surface area contributed by atoms with Crippen molar-refractivity contribution in [2.24, 2.45) is 5.92 Å². The molecule has 1 aliphatic rings. The quantitative estimate of drug-likeness (QED) is 0.711. The Morgan fingerprint density at radius 2 is 2.00 bits per heavy atom. The Kier molecular flexibility index (Phi) is 6.97. The van der Waals surface area contributed by atoms with Crippen LogP contribution < -0.4 is 10.1 Å². The van der Waals surface area contributed by atoms with Crippen LogP contribution in [0.25, 0.3) is 0 Å². The van der Waals surface area contributed by atoms with E-state index in [2.05, 4.69) is 5.32 Å². The van der Waals surface area contributed by atoms with Crippen molar-refractivity contribution in [2.45, 2.75) is 17.7 Å². The number of nitrogens with one attached hydrogen (secondary N) is 1. The molecule has 1 heterocycles. The Balaban J connectivity index is 2.17. The fraction of sp³-hybridized carbons (Fsp3) is 0.625. The monoisotopic (exact) mass is 360 g/mol. The molecule has 1 fully saturated rings. The molecule has 24 heavy (non-hydrogen) atoms. The maximum atomic E-state index is 13.6. The van der Waals surface area contributed by atoms with Gasteiger partial charge in [0.15, 0.2) is 0 Å². The number of benzene rings is 1. The Bertz CT molecular complexity index is 631. The van der Waals surface area contributed by atoms with E-state index in [-0.39, 0.29) is 17.3 Å². The number of nitrogens with zero attached hydrogens (tertiary/aromatic N) is 1. The van der Waals surface area contributed by atoms with Crippen LogP contribution in [0.5, 0.6) is 5.75 Å². The number of halogens is 1. The molecular formula is C16H25FN2O4S. The van der Waals surface area contributed by atoms with Crippen molar-refractivity contribution in [3.8, 4) is 5.75 Å². The largest absolute Gasteiger partial charge is 0.490 e. The van der Waals surface area contributed by atoms with Crippen LogP contribution in [0.3, 0.4) is 0 Å². The van der Waals surface area contributed by atoms with Gasteiger partial charge in [0, 0.05) is 20.2 Å². The van der Waals surface area contributed by atoms with Gasteiger partial charge in [0.1, 0.15) is 23.1 Å². The predicted molar refractivity (Wildman–Crippen MR) is 89.2 cm³/mol. The molecule has 0 spiro atoms. The van der Waals surface area contributed by atoms with Crippen LogP contribution in [0.1, 0.15) is 12.8 Å². The van der Waals surface area contributed by atoms with Gasteiger partial charge in [-0.3, -0.25) is 0 Å². The highest BCUT2D eigenvalue weighted by molar-refractivity contribution is 7.89. The van der Waals surface area contributed by atoms with E-state index in [0.717, 1.165) is 25.5 Å². The molecule has 0 radical (unpaired) electrons. The molecule has 0 saturated carbocycles. The molecular weight excluding hydrogens is 335 g/mol. The van der Waals surface area contributed by atoms with Gasteiger partial charge in [-0.25, -0.2) is 12.8 Å². The van der Waals surface area contributed by atoms with Crippen molar-refractivity contribution in [2.75, 3.05) is 47.0 Å². The van der Waals surface area contributed by atoms with Crippen molar-refractivity contribution in [1.82, 2.24) is 9.62 Å². The van der Waals surface area contributed by atoms with E-state index in [1.807, 2.05) is 7.05 Å². The van der Waals surface area contributed by atoms with E-state index in [9.17, 15) is 12.8 Å². The Labute approximate surface area is 143 Å². The SMILES string of the molecule is CNCC1CCN(S(=O)(=O)c2cc(F)ccc2OCCOC)CC1. The number of methoxy groups -OCH3 is 1. The van der Waals surface area contributed by atoms with E-state index >= 15 is 0 Å². The highest BCUT2D eigenvalue weighted by Crippen LogP contribution is 2.30. The second-order valence-corrected chi connectivity index (χ2v) is 7.74. The van der Waals surface area contributed by atoms with Crippen molar-refractivity contribution in [3.05, 3.63) is 24.0 Å². The fourth-order valence-corrected chi connectivity index (χ4v) is 4.43. The van der Waals surface area contributed by atoms with Gasteiger partial charge in [0.25, 0.3) is 0 Å². The average molecular weight is 360 g/mol. The smallest absolute Gasteiger partial charge is 0.246 e. The van der Waals surface area contributed by atoms with E-state index in [0.29, 0.717) is 25.6 Å². The summed E-state index contributed by atoms with van der Waals surface area (Å²) in [5, 5.41) is 3.12. The highest BCUT2D eigenvalue weighted by Gasteiger charge is 2.31. The van der Waals surface area contributed by atoms with Crippen molar-refractivity contribution < 1.29 is 22.3 Å². The Morgan fingerprint density at radius 3 is 2.62 bits per heavy atom. The van der Waals surface area contributed by atoms with Gasteiger partial charge in [-0.2, -0.15) is 4.31 Å². The van der Waals surface area contributed by atoms with Crippen LogP contribution in [0.15, 0.2) is 23.1 Å². The van der Waals surface area contributed by atoms with Crippen LogP contribution in [0, 0.1) is 11.7 Å². The van der Waals surface area contributed by atoms with Gasteiger partial charge in [-0.05, 0) is 50.6 Å². The lowest BCUT2D eigenvalue weighted by Crippen LogP contribution is -2.40. The molecule has 1 N–H and O–H groups in total. The summed E-state index contributed by atoms with van der Waals surface area (Å²) in [5.41, 5.74) is 0. The van der Waals surface area contributed by atoms with Crippen molar-refractivity contribution in [3.63, 3.8) is 0 Å². The summed E-state index contributed by atoms with van der Waals surface area (Å²) in [6, 6.07) is 3.57. The summed E-state index contributed by atoms with van der Waals surface area (Å²) in [6.45, 7) is 2.27. The van der Waals surface area contributed by atoms with Gasteiger partial charge in [-0.1, -0.05) is 0 Å². The van der Waals surface area contributed by atoms with Crippen molar-refractivity contribution in [1.29, 1.82) is 0 Å². The first-order chi connectivity index (χ1) is 11.5. The molecule has 0 amide bonds. The van der Waals surface area contributed by atoms with Gasteiger partial charge < -0.3 is 14.8 Å². The molecule has 1 aromatic carbocycles. The van der Waals surface area contributed by atoms with Gasteiger partial charge >= 0.3 is 0 Å². The minimum Gasteiger partial charge on any atom is -0.490 e. The first-order valence-electron chi connectivity index (χ1n) is 8.05. The molecule has 0 unspecified atom stereocenters. The van der Waals surface area contributed by atoms with Crippen LogP contribution in [0.4, 0.5) is 4.39 Å². The molecule has 0 aliphatic carbocycles. The summed E-state index contributed by atoms with van der Waals surface area (Å²) in [4.78, 5) is -0.120. The zero-order valence-electron chi connectivity index (χ0n) is 14.1. The molecule has 0 bridgehead atoms. The fourth-order valence-electron chi connectivity index (χ4n) is 2.82. The maximum absolute atomic E-state index is 13.6.